The topological polar surface area (TPSA) is 112 Å². The molecule has 1 fully saturated rings. The number of anilines is 3. The predicted molar refractivity (Wildman–Crippen MR) is 111 cm³/mol. The van der Waals surface area contributed by atoms with E-state index in [2.05, 4.69) is 30.5 Å². The summed E-state index contributed by atoms with van der Waals surface area (Å²) in [6.07, 6.45) is 5.13. The third-order valence-electron chi connectivity index (χ3n) is 5.22. The molecule has 0 atom stereocenters. The number of H-pyrrole nitrogens is 1. The number of aryl methyl sites for hydroxylation is 2. The van der Waals surface area contributed by atoms with Crippen LogP contribution in [0.2, 0.25) is 0 Å². The maximum absolute atomic E-state index is 12.7. The van der Waals surface area contributed by atoms with Gasteiger partial charge in [-0.3, -0.25) is 9.89 Å². The zero-order valence-corrected chi connectivity index (χ0v) is 16.8. The van der Waals surface area contributed by atoms with E-state index in [1.54, 1.807) is 21.6 Å². The van der Waals surface area contributed by atoms with Gasteiger partial charge in [-0.2, -0.15) is 10.1 Å². The second-order valence-electron chi connectivity index (χ2n) is 7.33. The van der Waals surface area contributed by atoms with Gasteiger partial charge in [-0.1, -0.05) is 0 Å². The van der Waals surface area contributed by atoms with E-state index in [4.69, 9.17) is 4.98 Å². The number of hydrogen-bond acceptors (Lipinski definition) is 7. The van der Waals surface area contributed by atoms with Crippen LogP contribution in [-0.2, 0) is 7.05 Å². The van der Waals surface area contributed by atoms with Crippen LogP contribution in [0.1, 0.15) is 16.2 Å². The van der Waals surface area contributed by atoms with Crippen LogP contribution in [0.4, 0.5) is 17.6 Å². The minimum absolute atomic E-state index is 0.00677. The van der Waals surface area contributed by atoms with Gasteiger partial charge in [0.15, 0.2) is 11.6 Å². The molecule has 30 heavy (non-hydrogen) atoms. The molecule has 1 aliphatic rings. The van der Waals surface area contributed by atoms with Gasteiger partial charge in [0, 0.05) is 51.2 Å². The highest BCUT2D eigenvalue weighted by atomic mass is 16.2. The Labute approximate surface area is 172 Å². The van der Waals surface area contributed by atoms with E-state index in [9.17, 15) is 4.79 Å². The lowest BCUT2D eigenvalue weighted by Crippen LogP contribution is -2.49. The van der Waals surface area contributed by atoms with Crippen molar-refractivity contribution in [3.8, 4) is 0 Å². The van der Waals surface area contributed by atoms with Gasteiger partial charge in [-0.15, -0.1) is 5.10 Å². The third-order valence-corrected chi connectivity index (χ3v) is 5.22. The Morgan fingerprint density at radius 2 is 2.07 bits per heavy atom. The van der Waals surface area contributed by atoms with E-state index < -0.39 is 0 Å². The zero-order valence-electron chi connectivity index (χ0n) is 16.8. The number of hydrogen-bond donors (Lipinski definition) is 2. The normalized spacial score (nSPS) is 14.5. The molecule has 0 unspecified atom stereocenters. The van der Waals surface area contributed by atoms with Crippen molar-refractivity contribution in [2.45, 2.75) is 6.92 Å². The number of amides is 1. The summed E-state index contributed by atoms with van der Waals surface area (Å²) in [6, 6.07) is 5.81. The van der Waals surface area contributed by atoms with Crippen molar-refractivity contribution >= 4 is 29.0 Å². The Balaban J connectivity index is 1.35. The van der Waals surface area contributed by atoms with Gasteiger partial charge in [0.1, 0.15) is 11.2 Å². The lowest BCUT2D eigenvalue weighted by atomic mass is 10.3. The summed E-state index contributed by atoms with van der Waals surface area (Å²) in [5.41, 5.74) is 2.42. The van der Waals surface area contributed by atoms with Crippen molar-refractivity contribution in [3.63, 3.8) is 0 Å². The number of aromatic nitrogens is 7. The summed E-state index contributed by atoms with van der Waals surface area (Å²) in [6.45, 7) is 4.44. The fourth-order valence-electron chi connectivity index (χ4n) is 3.59. The van der Waals surface area contributed by atoms with Crippen molar-refractivity contribution < 1.29 is 4.79 Å². The van der Waals surface area contributed by atoms with Gasteiger partial charge >= 0.3 is 0 Å². The van der Waals surface area contributed by atoms with Crippen LogP contribution >= 0.6 is 0 Å². The number of nitrogens with one attached hydrogen (secondary N) is 2. The number of imidazole rings is 1. The highest BCUT2D eigenvalue weighted by Crippen LogP contribution is 2.22. The van der Waals surface area contributed by atoms with Crippen LogP contribution in [0.15, 0.2) is 36.9 Å². The van der Waals surface area contributed by atoms with Gasteiger partial charge < -0.3 is 19.7 Å². The number of piperazine rings is 1. The van der Waals surface area contributed by atoms with E-state index in [0.717, 1.165) is 11.2 Å². The third kappa shape index (κ3) is 3.23. The van der Waals surface area contributed by atoms with Crippen LogP contribution < -0.4 is 10.2 Å². The van der Waals surface area contributed by atoms with Gasteiger partial charge in [0.05, 0.1) is 12.5 Å². The van der Waals surface area contributed by atoms with Crippen LogP contribution in [0.5, 0.6) is 0 Å². The number of rotatable bonds is 4. The Morgan fingerprint density at radius 1 is 1.23 bits per heavy atom. The molecule has 0 aliphatic carbocycles. The molecule has 4 aromatic heterocycles. The molecule has 0 saturated carbocycles. The molecule has 4 aromatic rings. The van der Waals surface area contributed by atoms with Gasteiger partial charge in [0.25, 0.3) is 5.91 Å². The molecular formula is C19H22N10O. The average Bonchev–Trinajstić information content (AvgIpc) is 3.49. The molecule has 5 rings (SSSR count). The molecule has 0 bridgehead atoms. The summed E-state index contributed by atoms with van der Waals surface area (Å²) in [5, 5.41) is 15.1. The molecule has 1 saturated heterocycles. The summed E-state index contributed by atoms with van der Waals surface area (Å²) >= 11 is 0. The summed E-state index contributed by atoms with van der Waals surface area (Å²) < 4.78 is 3.55. The van der Waals surface area contributed by atoms with E-state index in [1.807, 2.05) is 43.3 Å². The Kier molecular flexibility index (Phi) is 4.34. The maximum atomic E-state index is 12.7. The van der Waals surface area contributed by atoms with Crippen molar-refractivity contribution in [2.75, 3.05) is 36.4 Å². The first-order chi connectivity index (χ1) is 14.6. The summed E-state index contributed by atoms with van der Waals surface area (Å²) in [7, 11) is 1.83. The first-order valence-corrected chi connectivity index (χ1v) is 9.73. The quantitative estimate of drug-likeness (QED) is 0.524. The number of carbonyl (C=O) groups excluding carboxylic acids is 1. The number of aromatic amines is 1. The molecule has 11 heteroatoms. The van der Waals surface area contributed by atoms with Crippen LogP contribution in [0.3, 0.4) is 0 Å². The fourth-order valence-corrected chi connectivity index (χ4v) is 3.59. The highest BCUT2D eigenvalue weighted by Gasteiger charge is 2.25. The minimum Gasteiger partial charge on any atom is -0.336 e. The van der Waals surface area contributed by atoms with Crippen molar-refractivity contribution in [3.05, 3.63) is 48.3 Å². The largest absolute Gasteiger partial charge is 0.336 e. The first-order valence-electron chi connectivity index (χ1n) is 9.73. The molecule has 11 nitrogen and oxygen atoms in total. The van der Waals surface area contributed by atoms with E-state index in [-0.39, 0.29) is 5.91 Å². The van der Waals surface area contributed by atoms with Gasteiger partial charge in [-0.05, 0) is 19.1 Å². The summed E-state index contributed by atoms with van der Waals surface area (Å²) in [5.74, 6) is 1.99. The monoisotopic (exact) mass is 406 g/mol. The van der Waals surface area contributed by atoms with Crippen molar-refractivity contribution in [1.82, 2.24) is 39.2 Å². The lowest BCUT2D eigenvalue weighted by Gasteiger charge is -2.34. The fraction of sp³-hybridized carbons (Fsp3) is 0.316. The van der Waals surface area contributed by atoms with Gasteiger partial charge in [0.2, 0.25) is 5.95 Å². The van der Waals surface area contributed by atoms with Crippen molar-refractivity contribution in [2.24, 2.45) is 7.05 Å². The van der Waals surface area contributed by atoms with Crippen LogP contribution in [-0.4, -0.2) is 71.3 Å². The van der Waals surface area contributed by atoms with E-state index in [0.29, 0.717) is 49.5 Å². The standard InChI is InChI=1S/C19H22N10O/c1-13-10-16(24-23-13)21-17-14-4-3-5-29(14)25-19(22-17)28-8-6-27(7-9-28)18(30)15-11-20-12-26(15)2/h3-5,10-12H,6-9H2,1-2H3,(H2,21,22,23,24,25). The Hall–Kier alpha value is -3.89. The number of nitrogens with zero attached hydrogens (tertiary/aromatic N) is 8. The smallest absolute Gasteiger partial charge is 0.272 e. The van der Waals surface area contributed by atoms with Crippen LogP contribution in [0, 0.1) is 6.92 Å². The zero-order chi connectivity index (χ0) is 20.7. The molecule has 154 valence electrons. The second kappa shape index (κ2) is 7.17. The summed E-state index contributed by atoms with van der Waals surface area (Å²) in [4.78, 5) is 25.4. The molecule has 0 spiro atoms. The molecule has 0 aromatic carbocycles. The van der Waals surface area contributed by atoms with Gasteiger partial charge in [-0.25, -0.2) is 9.50 Å². The number of carbonyl (C=O) groups is 1. The molecular weight excluding hydrogens is 384 g/mol. The van der Waals surface area contributed by atoms with Crippen molar-refractivity contribution in [1.29, 1.82) is 0 Å². The second-order valence-corrected chi connectivity index (χ2v) is 7.33. The molecule has 2 N–H and O–H groups in total. The van der Waals surface area contributed by atoms with Crippen LogP contribution in [0.25, 0.3) is 5.52 Å². The minimum atomic E-state index is -0.00677. The average molecular weight is 406 g/mol. The Bertz CT molecular complexity index is 1200. The van der Waals surface area contributed by atoms with E-state index >= 15 is 0 Å². The lowest BCUT2D eigenvalue weighted by molar-refractivity contribution is 0.0736. The maximum Gasteiger partial charge on any atom is 0.272 e. The predicted octanol–water partition coefficient (Wildman–Crippen LogP) is 1.20. The highest BCUT2D eigenvalue weighted by molar-refractivity contribution is 5.92. The molecule has 5 heterocycles. The Morgan fingerprint density at radius 3 is 2.77 bits per heavy atom. The first kappa shape index (κ1) is 18.2. The molecule has 1 aliphatic heterocycles. The van der Waals surface area contributed by atoms with E-state index in [1.165, 1.54) is 0 Å². The molecule has 0 radical (unpaired) electrons. The SMILES string of the molecule is Cc1cc(Nc2nc(N3CCN(C(=O)c4cncn4C)CC3)nn3cccc23)n[nH]1. The number of fused-ring (bicyclic) bond motifs is 1. The molecule has 1 amide bonds.